The summed E-state index contributed by atoms with van der Waals surface area (Å²) >= 11 is 1.65. The lowest BCUT2D eigenvalue weighted by molar-refractivity contribution is -0.126. The van der Waals surface area contributed by atoms with Gasteiger partial charge in [-0.15, -0.1) is 11.3 Å². The number of rotatable bonds is 9. The van der Waals surface area contributed by atoms with Crippen LogP contribution in [-0.4, -0.2) is 44.0 Å². The van der Waals surface area contributed by atoms with Gasteiger partial charge in [0.15, 0.2) is 0 Å². The van der Waals surface area contributed by atoms with Crippen LogP contribution in [0.15, 0.2) is 41.8 Å². The van der Waals surface area contributed by atoms with Gasteiger partial charge >= 0.3 is 0 Å². The molecule has 1 aromatic carbocycles. The maximum Gasteiger partial charge on any atom is 0.233 e. The summed E-state index contributed by atoms with van der Waals surface area (Å²) < 4.78 is 5.47. The van der Waals surface area contributed by atoms with Crippen molar-refractivity contribution in [2.24, 2.45) is 0 Å². The lowest BCUT2D eigenvalue weighted by Crippen LogP contribution is -2.35. The third-order valence-corrected chi connectivity index (χ3v) is 4.74. The van der Waals surface area contributed by atoms with Gasteiger partial charge in [0.25, 0.3) is 0 Å². The summed E-state index contributed by atoms with van der Waals surface area (Å²) in [5.74, 6) is -0.0823. The fourth-order valence-electron chi connectivity index (χ4n) is 2.48. The van der Waals surface area contributed by atoms with E-state index < -0.39 is 0 Å². The van der Waals surface area contributed by atoms with E-state index in [9.17, 15) is 9.59 Å². The van der Waals surface area contributed by atoms with E-state index in [1.807, 2.05) is 49.5 Å². The molecule has 140 valence electrons. The predicted octanol–water partition coefficient (Wildman–Crippen LogP) is 2.89. The monoisotopic (exact) mass is 375 g/mol. The SMILES string of the molecule is CCOc1ccccc1NC(=O)CC(=O)NC[C@@H](c1cccs1)N(C)C. The van der Waals surface area contributed by atoms with Crippen LogP contribution in [-0.2, 0) is 9.59 Å². The molecular weight excluding hydrogens is 350 g/mol. The molecule has 0 aliphatic rings. The second-order valence-corrected chi connectivity index (χ2v) is 6.93. The van der Waals surface area contributed by atoms with Gasteiger partial charge in [0.2, 0.25) is 11.8 Å². The van der Waals surface area contributed by atoms with Crippen molar-refractivity contribution in [2.45, 2.75) is 19.4 Å². The van der Waals surface area contributed by atoms with E-state index in [2.05, 4.69) is 10.6 Å². The number of likely N-dealkylation sites (N-methyl/N-ethyl adjacent to an activating group) is 1. The van der Waals surface area contributed by atoms with Crippen LogP contribution in [0.5, 0.6) is 5.75 Å². The molecule has 1 heterocycles. The summed E-state index contributed by atoms with van der Waals surface area (Å²) in [7, 11) is 3.93. The van der Waals surface area contributed by atoms with E-state index in [4.69, 9.17) is 4.74 Å². The van der Waals surface area contributed by atoms with Gasteiger partial charge in [-0.05, 0) is 44.6 Å². The quantitative estimate of drug-likeness (QED) is 0.661. The van der Waals surface area contributed by atoms with Crippen LogP contribution in [0.2, 0.25) is 0 Å². The highest BCUT2D eigenvalue weighted by Crippen LogP contribution is 2.24. The Morgan fingerprint density at radius 2 is 1.92 bits per heavy atom. The third-order valence-electron chi connectivity index (χ3n) is 3.77. The molecule has 2 rings (SSSR count). The minimum Gasteiger partial charge on any atom is -0.492 e. The number of carbonyl (C=O) groups excluding carboxylic acids is 2. The number of nitrogens with zero attached hydrogens (tertiary/aromatic N) is 1. The molecule has 2 amide bonds. The highest BCUT2D eigenvalue weighted by Gasteiger charge is 2.17. The molecule has 1 aromatic heterocycles. The van der Waals surface area contributed by atoms with Crippen LogP contribution >= 0.6 is 11.3 Å². The molecule has 0 unspecified atom stereocenters. The smallest absolute Gasteiger partial charge is 0.233 e. The number of ether oxygens (including phenoxy) is 1. The molecule has 0 spiro atoms. The number of hydrogen-bond acceptors (Lipinski definition) is 5. The van der Waals surface area contributed by atoms with Crippen LogP contribution in [0.3, 0.4) is 0 Å². The highest BCUT2D eigenvalue weighted by molar-refractivity contribution is 7.10. The number of benzene rings is 1. The second-order valence-electron chi connectivity index (χ2n) is 5.95. The topological polar surface area (TPSA) is 70.7 Å². The third kappa shape index (κ3) is 5.86. The van der Waals surface area contributed by atoms with Gasteiger partial charge in [0, 0.05) is 11.4 Å². The van der Waals surface area contributed by atoms with Crippen molar-refractivity contribution < 1.29 is 14.3 Å². The fraction of sp³-hybridized carbons (Fsp3) is 0.368. The van der Waals surface area contributed by atoms with Crippen LogP contribution < -0.4 is 15.4 Å². The Kier molecular flexibility index (Phi) is 7.62. The summed E-state index contributed by atoms with van der Waals surface area (Å²) in [5.41, 5.74) is 0.567. The van der Waals surface area contributed by atoms with Crippen LogP contribution in [0.25, 0.3) is 0 Å². The van der Waals surface area contributed by atoms with Gasteiger partial charge in [-0.25, -0.2) is 0 Å². The average molecular weight is 375 g/mol. The van der Waals surface area contributed by atoms with Crippen molar-refractivity contribution in [2.75, 3.05) is 32.6 Å². The molecule has 0 saturated carbocycles. The zero-order valence-electron chi connectivity index (χ0n) is 15.3. The van der Waals surface area contributed by atoms with Gasteiger partial charge in [0.05, 0.1) is 18.3 Å². The minimum absolute atomic E-state index is 0.0840. The first-order chi connectivity index (χ1) is 12.5. The Morgan fingerprint density at radius 3 is 2.58 bits per heavy atom. The minimum atomic E-state index is -0.368. The van der Waals surface area contributed by atoms with E-state index >= 15 is 0 Å². The Labute approximate surface area is 158 Å². The average Bonchev–Trinajstić information content (AvgIpc) is 3.11. The largest absolute Gasteiger partial charge is 0.492 e. The molecule has 7 heteroatoms. The normalized spacial score (nSPS) is 11.8. The molecule has 2 aromatic rings. The van der Waals surface area contributed by atoms with Gasteiger partial charge in [-0.1, -0.05) is 18.2 Å². The van der Waals surface area contributed by atoms with Crippen LogP contribution in [0, 0.1) is 0 Å². The van der Waals surface area contributed by atoms with Gasteiger partial charge in [-0.2, -0.15) is 0 Å². The zero-order valence-corrected chi connectivity index (χ0v) is 16.1. The first kappa shape index (κ1) is 19.9. The summed E-state index contributed by atoms with van der Waals surface area (Å²) in [6.07, 6.45) is -0.231. The van der Waals surface area contributed by atoms with Crippen molar-refractivity contribution in [1.82, 2.24) is 10.2 Å². The van der Waals surface area contributed by atoms with E-state index in [-0.39, 0.29) is 24.3 Å². The lowest BCUT2D eigenvalue weighted by Gasteiger charge is -2.23. The lowest BCUT2D eigenvalue weighted by atomic mass is 10.2. The summed E-state index contributed by atoms with van der Waals surface area (Å²) in [4.78, 5) is 27.5. The van der Waals surface area contributed by atoms with Crippen molar-refractivity contribution in [3.63, 3.8) is 0 Å². The first-order valence-corrected chi connectivity index (χ1v) is 9.37. The van der Waals surface area contributed by atoms with E-state index in [0.29, 0.717) is 24.6 Å². The van der Waals surface area contributed by atoms with Crippen molar-refractivity contribution in [3.8, 4) is 5.75 Å². The van der Waals surface area contributed by atoms with E-state index in [1.165, 1.54) is 4.88 Å². The second kappa shape index (κ2) is 9.94. The fourth-order valence-corrected chi connectivity index (χ4v) is 3.41. The van der Waals surface area contributed by atoms with Crippen molar-refractivity contribution >= 4 is 28.8 Å². The number of amides is 2. The van der Waals surface area contributed by atoms with E-state index in [0.717, 1.165) is 0 Å². The van der Waals surface area contributed by atoms with Crippen molar-refractivity contribution in [3.05, 3.63) is 46.7 Å². The molecule has 0 radical (unpaired) electrons. The molecule has 0 aliphatic heterocycles. The standard InChI is InChI=1S/C19H25N3O3S/c1-4-25-16-9-6-5-8-14(16)21-19(24)12-18(23)20-13-15(22(2)3)17-10-7-11-26-17/h5-11,15H,4,12-13H2,1-3H3,(H,20,23)(H,21,24)/t15-/m0/s1. The summed E-state index contributed by atoms with van der Waals surface area (Å²) in [6, 6.07) is 11.3. The molecule has 2 N–H and O–H groups in total. The number of anilines is 1. The Hall–Kier alpha value is -2.38. The predicted molar refractivity (Wildman–Crippen MR) is 105 cm³/mol. The first-order valence-electron chi connectivity index (χ1n) is 8.49. The Bertz CT molecular complexity index is 717. The molecule has 0 aliphatic carbocycles. The molecule has 6 nitrogen and oxygen atoms in total. The van der Waals surface area contributed by atoms with Crippen molar-refractivity contribution in [1.29, 1.82) is 0 Å². The number of carbonyl (C=O) groups is 2. The Balaban J connectivity index is 1.86. The molecule has 1 atom stereocenters. The molecule has 0 bridgehead atoms. The Morgan fingerprint density at radius 1 is 1.15 bits per heavy atom. The number of thiophene rings is 1. The molecule has 0 saturated heterocycles. The molecule has 0 fully saturated rings. The molecule has 26 heavy (non-hydrogen) atoms. The van der Waals surface area contributed by atoms with Crippen LogP contribution in [0.1, 0.15) is 24.3 Å². The van der Waals surface area contributed by atoms with E-state index in [1.54, 1.807) is 29.5 Å². The van der Waals surface area contributed by atoms with Gasteiger partial charge in [-0.3, -0.25) is 9.59 Å². The summed E-state index contributed by atoms with van der Waals surface area (Å²) in [6.45, 7) is 2.83. The zero-order chi connectivity index (χ0) is 18.9. The maximum absolute atomic E-state index is 12.2. The highest BCUT2D eigenvalue weighted by atomic mass is 32.1. The number of hydrogen-bond donors (Lipinski definition) is 2. The molecular formula is C19H25N3O3S. The van der Waals surface area contributed by atoms with Gasteiger partial charge in [0.1, 0.15) is 12.2 Å². The summed E-state index contributed by atoms with van der Waals surface area (Å²) in [5, 5.41) is 7.58. The van der Waals surface area contributed by atoms with Crippen LogP contribution in [0.4, 0.5) is 5.69 Å². The maximum atomic E-state index is 12.2. The number of para-hydroxylation sites is 2. The number of nitrogens with one attached hydrogen (secondary N) is 2. The van der Waals surface area contributed by atoms with Gasteiger partial charge < -0.3 is 20.3 Å².